The molecule has 1 unspecified atom stereocenters. The van der Waals surface area contributed by atoms with Crippen molar-refractivity contribution in [1.29, 1.82) is 0 Å². The molecular weight excluding hydrogens is 338 g/mol. The number of para-hydroxylation sites is 1. The molecule has 0 radical (unpaired) electrons. The van der Waals surface area contributed by atoms with E-state index in [9.17, 15) is 13.9 Å². The molecule has 1 heterocycles. The molecule has 0 bridgehead atoms. The van der Waals surface area contributed by atoms with E-state index in [1.165, 1.54) is 17.4 Å². The number of thiophene rings is 1. The van der Waals surface area contributed by atoms with Crippen LogP contribution in [-0.2, 0) is 0 Å². The van der Waals surface area contributed by atoms with Crippen LogP contribution in [0.3, 0.4) is 0 Å². The number of rotatable bonds is 4. The number of hydrogen-bond acceptors (Lipinski definition) is 3. The molecule has 0 aliphatic heterocycles. The molecule has 2 rings (SSSR count). The molecular formula is C13H11BrF2O2S. The molecule has 0 spiro atoms. The summed E-state index contributed by atoms with van der Waals surface area (Å²) in [4.78, 5) is 0.922. The topological polar surface area (TPSA) is 29.5 Å². The first kappa shape index (κ1) is 14.4. The fourth-order valence-corrected chi connectivity index (χ4v) is 3.55. The van der Waals surface area contributed by atoms with Crippen LogP contribution in [0.2, 0.25) is 0 Å². The van der Waals surface area contributed by atoms with Gasteiger partial charge in [0, 0.05) is 10.4 Å². The van der Waals surface area contributed by atoms with Crippen LogP contribution in [0.1, 0.15) is 22.1 Å². The SMILES string of the molecule is Cc1sc(Br)cc1C(O)c1ccccc1OC(F)F. The van der Waals surface area contributed by atoms with Crippen molar-refractivity contribution in [3.63, 3.8) is 0 Å². The number of aliphatic hydroxyl groups excluding tert-OH is 1. The van der Waals surface area contributed by atoms with Gasteiger partial charge in [-0.2, -0.15) is 8.78 Å². The first-order chi connectivity index (χ1) is 8.99. The third kappa shape index (κ3) is 3.32. The Hall–Kier alpha value is -0.980. The van der Waals surface area contributed by atoms with E-state index in [1.807, 2.05) is 6.92 Å². The Balaban J connectivity index is 2.38. The predicted molar refractivity (Wildman–Crippen MR) is 73.9 cm³/mol. The lowest BCUT2D eigenvalue weighted by molar-refractivity contribution is -0.0512. The van der Waals surface area contributed by atoms with Gasteiger partial charge in [0.1, 0.15) is 11.9 Å². The lowest BCUT2D eigenvalue weighted by atomic mass is 10.0. The van der Waals surface area contributed by atoms with E-state index in [4.69, 9.17) is 0 Å². The second kappa shape index (κ2) is 5.98. The third-order valence-corrected chi connectivity index (χ3v) is 4.22. The zero-order valence-electron chi connectivity index (χ0n) is 9.94. The Bertz CT molecular complexity index is 572. The Morgan fingerprint density at radius 1 is 1.26 bits per heavy atom. The minimum absolute atomic E-state index is 0.00766. The van der Waals surface area contributed by atoms with E-state index >= 15 is 0 Å². The number of benzene rings is 1. The number of halogens is 3. The van der Waals surface area contributed by atoms with Gasteiger partial charge in [-0.25, -0.2) is 0 Å². The van der Waals surface area contributed by atoms with Crippen molar-refractivity contribution < 1.29 is 18.6 Å². The molecule has 6 heteroatoms. The molecule has 0 saturated heterocycles. The molecule has 1 aromatic heterocycles. The van der Waals surface area contributed by atoms with Crippen LogP contribution in [0.5, 0.6) is 5.75 Å². The van der Waals surface area contributed by atoms with Gasteiger partial charge in [-0.05, 0) is 40.5 Å². The van der Waals surface area contributed by atoms with Crippen LogP contribution in [0.15, 0.2) is 34.1 Å². The van der Waals surface area contributed by atoms with Gasteiger partial charge in [0.15, 0.2) is 0 Å². The van der Waals surface area contributed by atoms with Gasteiger partial charge >= 0.3 is 6.61 Å². The number of aryl methyl sites for hydroxylation is 1. The van der Waals surface area contributed by atoms with E-state index in [2.05, 4.69) is 20.7 Å². The lowest BCUT2D eigenvalue weighted by Gasteiger charge is -2.15. The summed E-state index contributed by atoms with van der Waals surface area (Å²) >= 11 is 4.82. The van der Waals surface area contributed by atoms with Gasteiger partial charge in [-0.1, -0.05) is 18.2 Å². The van der Waals surface area contributed by atoms with Gasteiger partial charge in [-0.3, -0.25) is 0 Å². The number of alkyl halides is 2. The lowest BCUT2D eigenvalue weighted by Crippen LogP contribution is -2.07. The normalized spacial score (nSPS) is 12.7. The van der Waals surface area contributed by atoms with Crippen LogP contribution < -0.4 is 4.74 Å². The maximum atomic E-state index is 12.3. The molecule has 0 saturated carbocycles. The maximum Gasteiger partial charge on any atom is 0.387 e. The van der Waals surface area contributed by atoms with Crippen molar-refractivity contribution >= 4 is 27.3 Å². The Morgan fingerprint density at radius 2 is 1.95 bits per heavy atom. The molecule has 1 atom stereocenters. The highest BCUT2D eigenvalue weighted by Gasteiger charge is 2.20. The van der Waals surface area contributed by atoms with Crippen LogP contribution in [0.25, 0.3) is 0 Å². The summed E-state index contributed by atoms with van der Waals surface area (Å²) in [5.41, 5.74) is 1.01. The second-order valence-electron chi connectivity index (χ2n) is 3.88. The number of aliphatic hydroxyl groups is 1. The molecule has 0 fully saturated rings. The largest absolute Gasteiger partial charge is 0.434 e. The summed E-state index contributed by atoms with van der Waals surface area (Å²) < 4.78 is 30.0. The van der Waals surface area contributed by atoms with Crippen molar-refractivity contribution in [2.24, 2.45) is 0 Å². The summed E-state index contributed by atoms with van der Waals surface area (Å²) in [5, 5.41) is 10.3. The monoisotopic (exact) mass is 348 g/mol. The fourth-order valence-electron chi connectivity index (χ4n) is 1.81. The van der Waals surface area contributed by atoms with Crippen molar-refractivity contribution in [3.05, 3.63) is 50.1 Å². The minimum Gasteiger partial charge on any atom is -0.434 e. The molecule has 1 aromatic carbocycles. The van der Waals surface area contributed by atoms with Gasteiger partial charge in [0.2, 0.25) is 0 Å². The molecule has 2 nitrogen and oxygen atoms in total. The fraction of sp³-hybridized carbons (Fsp3) is 0.231. The smallest absolute Gasteiger partial charge is 0.387 e. The van der Waals surface area contributed by atoms with E-state index in [-0.39, 0.29) is 5.75 Å². The van der Waals surface area contributed by atoms with E-state index in [0.717, 1.165) is 8.66 Å². The summed E-state index contributed by atoms with van der Waals surface area (Å²) in [5.74, 6) is -0.00766. The van der Waals surface area contributed by atoms with Gasteiger partial charge in [-0.15, -0.1) is 11.3 Å². The average Bonchev–Trinajstić information content (AvgIpc) is 2.67. The standard InChI is InChI=1S/C13H11BrF2O2S/c1-7-9(6-11(14)19-7)12(17)8-4-2-3-5-10(8)18-13(15)16/h2-6,12-13,17H,1H3. The van der Waals surface area contributed by atoms with Crippen LogP contribution in [-0.4, -0.2) is 11.7 Å². The molecule has 1 N–H and O–H groups in total. The summed E-state index contributed by atoms with van der Waals surface area (Å²) in [6.07, 6.45) is -0.988. The quantitative estimate of drug-likeness (QED) is 0.881. The third-order valence-electron chi connectivity index (χ3n) is 2.65. The molecule has 0 aliphatic rings. The molecule has 102 valence electrons. The first-order valence-electron chi connectivity index (χ1n) is 5.46. The Morgan fingerprint density at radius 3 is 2.53 bits per heavy atom. The minimum atomic E-state index is -2.91. The predicted octanol–water partition coefficient (Wildman–Crippen LogP) is 4.50. The summed E-state index contributed by atoms with van der Waals surface area (Å²) in [6, 6.07) is 8.04. The average molecular weight is 349 g/mol. The van der Waals surface area contributed by atoms with Crippen molar-refractivity contribution in [2.45, 2.75) is 19.6 Å². The van der Waals surface area contributed by atoms with Crippen LogP contribution in [0.4, 0.5) is 8.78 Å². The summed E-state index contributed by atoms with van der Waals surface area (Å²) in [7, 11) is 0. The Labute approximate surface area is 121 Å². The molecule has 2 aromatic rings. The highest BCUT2D eigenvalue weighted by atomic mass is 79.9. The van der Waals surface area contributed by atoms with Crippen LogP contribution in [0, 0.1) is 6.92 Å². The first-order valence-corrected chi connectivity index (χ1v) is 7.07. The second-order valence-corrected chi connectivity index (χ2v) is 6.52. The molecule has 0 amide bonds. The maximum absolute atomic E-state index is 12.3. The van der Waals surface area contributed by atoms with Crippen molar-refractivity contribution in [2.75, 3.05) is 0 Å². The highest BCUT2D eigenvalue weighted by molar-refractivity contribution is 9.11. The van der Waals surface area contributed by atoms with Crippen molar-refractivity contribution in [3.8, 4) is 5.75 Å². The highest BCUT2D eigenvalue weighted by Crippen LogP contribution is 2.37. The van der Waals surface area contributed by atoms with E-state index < -0.39 is 12.7 Å². The van der Waals surface area contributed by atoms with Gasteiger partial charge < -0.3 is 9.84 Å². The molecule has 19 heavy (non-hydrogen) atoms. The van der Waals surface area contributed by atoms with E-state index in [0.29, 0.717) is 11.1 Å². The number of ether oxygens (including phenoxy) is 1. The molecule has 0 aliphatic carbocycles. The summed E-state index contributed by atoms with van der Waals surface area (Å²) in [6.45, 7) is -1.05. The zero-order chi connectivity index (χ0) is 14.0. The van der Waals surface area contributed by atoms with E-state index in [1.54, 1.807) is 24.3 Å². The van der Waals surface area contributed by atoms with Gasteiger partial charge in [0.05, 0.1) is 3.79 Å². The van der Waals surface area contributed by atoms with Crippen molar-refractivity contribution in [1.82, 2.24) is 0 Å². The Kier molecular flexibility index (Phi) is 4.54. The van der Waals surface area contributed by atoms with Crippen LogP contribution >= 0.6 is 27.3 Å². The zero-order valence-corrected chi connectivity index (χ0v) is 12.3. The van der Waals surface area contributed by atoms with Gasteiger partial charge in [0.25, 0.3) is 0 Å². The number of hydrogen-bond donors (Lipinski definition) is 1.